The fourth-order valence-corrected chi connectivity index (χ4v) is 1.63. The first-order chi connectivity index (χ1) is 8.13. The predicted octanol–water partition coefficient (Wildman–Crippen LogP) is 1.31. The van der Waals surface area contributed by atoms with Crippen LogP contribution in [0.15, 0.2) is 17.0 Å². The summed E-state index contributed by atoms with van der Waals surface area (Å²) in [5, 5.41) is 3.95. The summed E-state index contributed by atoms with van der Waals surface area (Å²) in [6.07, 6.45) is 4.29. The van der Waals surface area contributed by atoms with E-state index in [1.165, 1.54) is 0 Å². The lowest BCUT2D eigenvalue weighted by Crippen LogP contribution is -2.25. The van der Waals surface area contributed by atoms with Crippen molar-refractivity contribution in [1.82, 2.24) is 19.7 Å². The Morgan fingerprint density at radius 1 is 1.53 bits per heavy atom. The van der Waals surface area contributed by atoms with Gasteiger partial charge in [0, 0.05) is 13.1 Å². The molecule has 6 heteroatoms. The lowest BCUT2D eigenvalue weighted by atomic mass is 10.0. The highest BCUT2D eigenvalue weighted by atomic mass is 16.5. The third-order valence-electron chi connectivity index (χ3n) is 2.99. The van der Waals surface area contributed by atoms with Gasteiger partial charge in [-0.1, -0.05) is 19.0 Å². The quantitative estimate of drug-likeness (QED) is 0.863. The molecule has 2 unspecified atom stereocenters. The van der Waals surface area contributed by atoms with Crippen LogP contribution < -0.4 is 5.73 Å². The summed E-state index contributed by atoms with van der Waals surface area (Å²) in [6, 6.07) is 0.0369. The average molecular weight is 235 g/mol. The zero-order valence-corrected chi connectivity index (χ0v) is 10.3. The lowest BCUT2D eigenvalue weighted by molar-refractivity contribution is 0.340. The summed E-state index contributed by atoms with van der Waals surface area (Å²) in [5.41, 5.74) is 6.79. The Kier molecular flexibility index (Phi) is 3.23. The van der Waals surface area contributed by atoms with Crippen LogP contribution in [0.3, 0.4) is 0 Å². The molecule has 0 aliphatic carbocycles. The van der Waals surface area contributed by atoms with E-state index >= 15 is 0 Å². The SMILES string of the molecule is CCC(N)C(C)c1nc(-c2cncn2C)no1. The first-order valence-electron chi connectivity index (χ1n) is 5.69. The van der Waals surface area contributed by atoms with Crippen LogP contribution in [0.4, 0.5) is 0 Å². The van der Waals surface area contributed by atoms with E-state index in [2.05, 4.69) is 15.1 Å². The third-order valence-corrected chi connectivity index (χ3v) is 2.99. The van der Waals surface area contributed by atoms with E-state index in [1.807, 2.05) is 25.5 Å². The molecular formula is C11H17N5O. The molecule has 92 valence electrons. The third kappa shape index (κ3) is 2.21. The van der Waals surface area contributed by atoms with Crippen molar-refractivity contribution >= 4 is 0 Å². The second-order valence-electron chi connectivity index (χ2n) is 4.21. The fourth-order valence-electron chi connectivity index (χ4n) is 1.63. The Labute approximate surface area is 99.8 Å². The summed E-state index contributed by atoms with van der Waals surface area (Å²) in [4.78, 5) is 8.38. The number of aromatic nitrogens is 4. The van der Waals surface area contributed by atoms with Crippen LogP contribution in [-0.4, -0.2) is 25.7 Å². The Morgan fingerprint density at radius 2 is 2.29 bits per heavy atom. The molecule has 2 heterocycles. The molecule has 2 rings (SSSR count). The molecule has 0 amide bonds. The summed E-state index contributed by atoms with van der Waals surface area (Å²) < 4.78 is 7.09. The number of nitrogens with zero attached hydrogens (tertiary/aromatic N) is 4. The number of nitrogens with two attached hydrogens (primary N) is 1. The van der Waals surface area contributed by atoms with Gasteiger partial charge in [-0.25, -0.2) is 4.98 Å². The van der Waals surface area contributed by atoms with Crippen molar-refractivity contribution in [3.05, 3.63) is 18.4 Å². The van der Waals surface area contributed by atoms with E-state index in [0.717, 1.165) is 12.1 Å². The van der Waals surface area contributed by atoms with E-state index < -0.39 is 0 Å². The Bertz CT molecular complexity index is 490. The highest BCUT2D eigenvalue weighted by molar-refractivity contribution is 5.47. The van der Waals surface area contributed by atoms with Gasteiger partial charge in [0.05, 0.1) is 18.4 Å². The number of hydrogen-bond acceptors (Lipinski definition) is 5. The monoisotopic (exact) mass is 235 g/mol. The smallest absolute Gasteiger partial charge is 0.231 e. The first-order valence-corrected chi connectivity index (χ1v) is 5.69. The number of rotatable bonds is 4. The topological polar surface area (TPSA) is 82.8 Å². The van der Waals surface area contributed by atoms with Crippen molar-refractivity contribution in [3.63, 3.8) is 0 Å². The van der Waals surface area contributed by atoms with Crippen molar-refractivity contribution in [1.29, 1.82) is 0 Å². The van der Waals surface area contributed by atoms with Gasteiger partial charge >= 0.3 is 0 Å². The summed E-state index contributed by atoms with van der Waals surface area (Å²) in [5.74, 6) is 1.19. The van der Waals surface area contributed by atoms with Gasteiger partial charge in [0.25, 0.3) is 0 Å². The molecule has 17 heavy (non-hydrogen) atoms. The van der Waals surface area contributed by atoms with Crippen LogP contribution in [0, 0.1) is 0 Å². The molecule has 0 spiro atoms. The summed E-state index contributed by atoms with van der Waals surface area (Å²) in [6.45, 7) is 4.04. The summed E-state index contributed by atoms with van der Waals surface area (Å²) in [7, 11) is 1.89. The largest absolute Gasteiger partial charge is 0.339 e. The van der Waals surface area contributed by atoms with E-state index in [4.69, 9.17) is 10.3 Å². The minimum Gasteiger partial charge on any atom is -0.339 e. The van der Waals surface area contributed by atoms with Crippen molar-refractivity contribution in [2.45, 2.75) is 32.2 Å². The van der Waals surface area contributed by atoms with E-state index in [1.54, 1.807) is 12.5 Å². The Hall–Kier alpha value is -1.69. The molecule has 2 aromatic rings. The van der Waals surface area contributed by atoms with Crippen LogP contribution >= 0.6 is 0 Å². The van der Waals surface area contributed by atoms with Gasteiger partial charge in [0.15, 0.2) is 0 Å². The van der Waals surface area contributed by atoms with Crippen molar-refractivity contribution in [2.24, 2.45) is 12.8 Å². The number of hydrogen-bond donors (Lipinski definition) is 1. The maximum Gasteiger partial charge on any atom is 0.231 e. The molecule has 2 aromatic heterocycles. The molecule has 2 N–H and O–H groups in total. The van der Waals surface area contributed by atoms with E-state index in [-0.39, 0.29) is 12.0 Å². The van der Waals surface area contributed by atoms with Crippen LogP contribution in [-0.2, 0) is 7.05 Å². The molecular weight excluding hydrogens is 218 g/mol. The Morgan fingerprint density at radius 3 is 2.88 bits per heavy atom. The summed E-state index contributed by atoms with van der Waals surface area (Å²) >= 11 is 0. The normalized spacial score (nSPS) is 14.8. The minimum atomic E-state index is 0.0369. The molecule has 0 saturated carbocycles. The van der Waals surface area contributed by atoms with E-state index in [0.29, 0.717) is 11.7 Å². The van der Waals surface area contributed by atoms with Gasteiger partial charge in [-0.05, 0) is 6.42 Å². The molecule has 0 radical (unpaired) electrons. The highest BCUT2D eigenvalue weighted by Gasteiger charge is 2.21. The van der Waals surface area contributed by atoms with Crippen molar-refractivity contribution < 1.29 is 4.52 Å². The molecule has 0 fully saturated rings. The van der Waals surface area contributed by atoms with Gasteiger partial charge in [-0.3, -0.25) is 0 Å². The zero-order valence-electron chi connectivity index (χ0n) is 10.3. The van der Waals surface area contributed by atoms with Gasteiger partial charge in [0.2, 0.25) is 11.7 Å². The minimum absolute atomic E-state index is 0.0369. The lowest BCUT2D eigenvalue weighted by Gasteiger charge is -2.13. The molecule has 0 aliphatic rings. The molecule has 0 aromatic carbocycles. The molecule has 0 saturated heterocycles. The highest BCUT2D eigenvalue weighted by Crippen LogP contribution is 2.21. The molecule has 0 aliphatic heterocycles. The van der Waals surface area contributed by atoms with Crippen LogP contribution in [0.1, 0.15) is 32.1 Å². The first kappa shape index (κ1) is 11.8. The second-order valence-corrected chi connectivity index (χ2v) is 4.21. The maximum atomic E-state index is 5.96. The van der Waals surface area contributed by atoms with Crippen molar-refractivity contribution in [2.75, 3.05) is 0 Å². The predicted molar refractivity (Wildman–Crippen MR) is 63.2 cm³/mol. The van der Waals surface area contributed by atoms with Gasteiger partial charge in [0.1, 0.15) is 5.69 Å². The zero-order chi connectivity index (χ0) is 12.4. The Balaban J connectivity index is 2.25. The molecule has 0 bridgehead atoms. The second kappa shape index (κ2) is 4.67. The average Bonchev–Trinajstić information content (AvgIpc) is 2.95. The maximum absolute atomic E-state index is 5.96. The standard InChI is InChI=1S/C11H17N5O/c1-4-8(12)7(2)11-14-10(15-17-11)9-5-13-6-16(9)3/h5-8H,4,12H2,1-3H3. The van der Waals surface area contributed by atoms with Crippen LogP contribution in [0.5, 0.6) is 0 Å². The molecule has 2 atom stereocenters. The molecule has 6 nitrogen and oxygen atoms in total. The van der Waals surface area contributed by atoms with Crippen LogP contribution in [0.25, 0.3) is 11.5 Å². The van der Waals surface area contributed by atoms with Crippen molar-refractivity contribution in [3.8, 4) is 11.5 Å². The van der Waals surface area contributed by atoms with Crippen LogP contribution in [0.2, 0.25) is 0 Å². The van der Waals surface area contributed by atoms with Gasteiger partial charge < -0.3 is 14.8 Å². The fraction of sp³-hybridized carbons (Fsp3) is 0.545. The van der Waals surface area contributed by atoms with E-state index in [9.17, 15) is 0 Å². The van der Waals surface area contributed by atoms with Gasteiger partial charge in [-0.2, -0.15) is 4.98 Å². The number of aryl methyl sites for hydroxylation is 1. The van der Waals surface area contributed by atoms with Gasteiger partial charge in [-0.15, -0.1) is 0 Å². The number of imidazole rings is 1.